The van der Waals surface area contributed by atoms with Gasteiger partial charge in [0.05, 0.1) is 0 Å². The fraction of sp³-hybridized carbons (Fsp3) is 0.529. The molecule has 1 atom stereocenters. The quantitative estimate of drug-likeness (QED) is 0.880. The Bertz CT molecular complexity index is 543. The summed E-state index contributed by atoms with van der Waals surface area (Å²) in [5.41, 5.74) is 1.60. The second-order valence-corrected chi connectivity index (χ2v) is 6.67. The van der Waals surface area contributed by atoms with Gasteiger partial charge in [-0.15, -0.1) is 0 Å². The molecule has 0 saturated heterocycles. The maximum atomic E-state index is 5.15. The molecule has 0 fully saturated rings. The summed E-state index contributed by atoms with van der Waals surface area (Å²) in [4.78, 5) is 4.24. The summed E-state index contributed by atoms with van der Waals surface area (Å²) in [6.07, 6.45) is 1.84. The van der Waals surface area contributed by atoms with Crippen molar-refractivity contribution in [1.29, 1.82) is 0 Å². The molecule has 1 N–H and O–H groups in total. The summed E-state index contributed by atoms with van der Waals surface area (Å²) in [5, 5.41) is 7.44. The van der Waals surface area contributed by atoms with Crippen molar-refractivity contribution in [2.75, 3.05) is 6.54 Å². The first kappa shape index (κ1) is 15.7. The van der Waals surface area contributed by atoms with Crippen LogP contribution in [0.1, 0.15) is 50.5 Å². The Balaban J connectivity index is 1.96. The molecule has 0 saturated carbocycles. The van der Waals surface area contributed by atoms with Crippen LogP contribution in [0.2, 0.25) is 0 Å². The molecule has 21 heavy (non-hydrogen) atoms. The van der Waals surface area contributed by atoms with Gasteiger partial charge in [0.1, 0.15) is 0 Å². The number of aromatic nitrogens is 2. The summed E-state index contributed by atoms with van der Waals surface area (Å²) >= 11 is 0. The molecule has 2 aromatic rings. The predicted octanol–water partition coefficient (Wildman–Crippen LogP) is 3.69. The van der Waals surface area contributed by atoms with E-state index in [-0.39, 0.29) is 5.41 Å². The van der Waals surface area contributed by atoms with Crippen LogP contribution in [-0.4, -0.2) is 16.7 Å². The van der Waals surface area contributed by atoms with Gasteiger partial charge in [-0.1, -0.05) is 56.3 Å². The van der Waals surface area contributed by atoms with Crippen molar-refractivity contribution >= 4 is 0 Å². The first-order valence-electron chi connectivity index (χ1n) is 7.51. The number of hydrogen-bond donors (Lipinski definition) is 1. The third-order valence-electron chi connectivity index (χ3n) is 3.32. The average molecular weight is 287 g/mol. The van der Waals surface area contributed by atoms with Crippen LogP contribution >= 0.6 is 0 Å². The Morgan fingerprint density at radius 2 is 1.90 bits per heavy atom. The first-order valence-corrected chi connectivity index (χ1v) is 7.51. The minimum absolute atomic E-state index is 0.272. The molecule has 114 valence electrons. The minimum atomic E-state index is 0.272. The summed E-state index contributed by atoms with van der Waals surface area (Å²) in [6, 6.07) is 10.9. The van der Waals surface area contributed by atoms with Gasteiger partial charge in [0.15, 0.2) is 5.82 Å². The Morgan fingerprint density at radius 1 is 1.19 bits per heavy atom. The lowest BCUT2D eigenvalue weighted by molar-refractivity contribution is 0.307. The van der Waals surface area contributed by atoms with E-state index in [9.17, 15) is 0 Å². The van der Waals surface area contributed by atoms with E-state index >= 15 is 0 Å². The molecular formula is C17H25N3O. The Kier molecular flexibility index (Phi) is 5.12. The fourth-order valence-electron chi connectivity index (χ4n) is 2.40. The number of rotatable bonds is 6. The van der Waals surface area contributed by atoms with Crippen molar-refractivity contribution in [3.63, 3.8) is 0 Å². The van der Waals surface area contributed by atoms with E-state index in [1.807, 2.05) is 6.92 Å². The van der Waals surface area contributed by atoms with Gasteiger partial charge in [-0.05, 0) is 24.3 Å². The fourth-order valence-corrected chi connectivity index (χ4v) is 2.40. The summed E-state index contributed by atoms with van der Waals surface area (Å²) in [7, 11) is 0. The van der Waals surface area contributed by atoms with Crippen LogP contribution in [0.3, 0.4) is 0 Å². The van der Waals surface area contributed by atoms with Crippen LogP contribution in [0.15, 0.2) is 34.9 Å². The zero-order chi connectivity index (χ0) is 15.3. The number of aryl methyl sites for hydroxylation is 1. The van der Waals surface area contributed by atoms with E-state index in [2.05, 4.69) is 66.6 Å². The molecular weight excluding hydrogens is 262 g/mol. The minimum Gasteiger partial charge on any atom is -0.339 e. The van der Waals surface area contributed by atoms with Gasteiger partial charge in [0.25, 0.3) is 0 Å². The summed E-state index contributed by atoms with van der Waals surface area (Å²) < 4.78 is 5.15. The molecule has 1 unspecified atom stereocenters. The highest BCUT2D eigenvalue weighted by atomic mass is 16.5. The van der Waals surface area contributed by atoms with Gasteiger partial charge in [-0.2, -0.15) is 4.98 Å². The number of nitrogens with one attached hydrogen (secondary N) is 1. The monoisotopic (exact) mass is 287 g/mol. The Morgan fingerprint density at radius 3 is 2.48 bits per heavy atom. The van der Waals surface area contributed by atoms with E-state index in [0.717, 1.165) is 19.4 Å². The SMILES string of the molecule is Cc1noc(CCNC(CC(C)(C)C)c2ccccc2)n1. The Labute approximate surface area is 127 Å². The van der Waals surface area contributed by atoms with Crippen LogP contribution in [0.5, 0.6) is 0 Å². The van der Waals surface area contributed by atoms with Crippen molar-refractivity contribution in [2.24, 2.45) is 5.41 Å². The topological polar surface area (TPSA) is 51.0 Å². The van der Waals surface area contributed by atoms with Crippen molar-refractivity contribution in [3.05, 3.63) is 47.6 Å². The van der Waals surface area contributed by atoms with Crippen molar-refractivity contribution in [2.45, 2.75) is 46.6 Å². The number of hydrogen-bond acceptors (Lipinski definition) is 4. The lowest BCUT2D eigenvalue weighted by Crippen LogP contribution is -2.27. The average Bonchev–Trinajstić information content (AvgIpc) is 2.83. The lowest BCUT2D eigenvalue weighted by Gasteiger charge is -2.27. The largest absolute Gasteiger partial charge is 0.339 e. The molecule has 0 aliphatic heterocycles. The van der Waals surface area contributed by atoms with Crippen molar-refractivity contribution in [3.8, 4) is 0 Å². The van der Waals surface area contributed by atoms with Crippen LogP contribution < -0.4 is 5.32 Å². The first-order chi connectivity index (χ1) is 9.94. The zero-order valence-corrected chi connectivity index (χ0v) is 13.4. The van der Waals surface area contributed by atoms with Gasteiger partial charge in [0, 0.05) is 19.0 Å². The maximum Gasteiger partial charge on any atom is 0.227 e. The highest BCUT2D eigenvalue weighted by molar-refractivity contribution is 5.19. The van der Waals surface area contributed by atoms with Gasteiger partial charge in [-0.3, -0.25) is 0 Å². The van der Waals surface area contributed by atoms with Gasteiger partial charge < -0.3 is 9.84 Å². The molecule has 0 radical (unpaired) electrons. The summed E-state index contributed by atoms with van der Waals surface area (Å²) in [5.74, 6) is 1.39. The van der Waals surface area contributed by atoms with Crippen LogP contribution in [0, 0.1) is 12.3 Å². The molecule has 4 heteroatoms. The summed E-state index contributed by atoms with van der Waals surface area (Å²) in [6.45, 7) is 9.48. The molecule has 0 amide bonds. The highest BCUT2D eigenvalue weighted by Gasteiger charge is 2.19. The molecule has 0 aliphatic carbocycles. The predicted molar refractivity (Wildman–Crippen MR) is 84.0 cm³/mol. The van der Waals surface area contributed by atoms with E-state index in [4.69, 9.17) is 4.52 Å². The normalized spacial score (nSPS) is 13.3. The van der Waals surface area contributed by atoms with Gasteiger partial charge in [-0.25, -0.2) is 0 Å². The van der Waals surface area contributed by atoms with Crippen LogP contribution in [-0.2, 0) is 6.42 Å². The van der Waals surface area contributed by atoms with Crippen LogP contribution in [0.4, 0.5) is 0 Å². The number of benzene rings is 1. The van der Waals surface area contributed by atoms with Gasteiger partial charge in [0.2, 0.25) is 5.89 Å². The molecule has 1 heterocycles. The number of nitrogens with zero attached hydrogens (tertiary/aromatic N) is 2. The second-order valence-electron chi connectivity index (χ2n) is 6.67. The highest BCUT2D eigenvalue weighted by Crippen LogP contribution is 2.29. The van der Waals surface area contributed by atoms with Crippen LogP contribution in [0.25, 0.3) is 0 Å². The third-order valence-corrected chi connectivity index (χ3v) is 3.32. The molecule has 0 spiro atoms. The molecule has 4 nitrogen and oxygen atoms in total. The van der Waals surface area contributed by atoms with Gasteiger partial charge >= 0.3 is 0 Å². The molecule has 1 aromatic carbocycles. The standard InChI is InChI=1S/C17H25N3O/c1-13-19-16(21-20-13)10-11-18-15(12-17(2,3)4)14-8-6-5-7-9-14/h5-9,15,18H,10-12H2,1-4H3. The zero-order valence-electron chi connectivity index (χ0n) is 13.4. The third kappa shape index (κ3) is 5.31. The molecule has 0 bridgehead atoms. The molecule has 2 rings (SSSR count). The van der Waals surface area contributed by atoms with Crippen molar-refractivity contribution < 1.29 is 4.52 Å². The smallest absolute Gasteiger partial charge is 0.227 e. The van der Waals surface area contributed by atoms with E-state index < -0.39 is 0 Å². The maximum absolute atomic E-state index is 5.15. The molecule has 1 aromatic heterocycles. The molecule has 0 aliphatic rings. The Hall–Kier alpha value is -1.68. The lowest BCUT2D eigenvalue weighted by atomic mass is 9.85. The van der Waals surface area contributed by atoms with E-state index in [1.165, 1.54) is 5.56 Å². The van der Waals surface area contributed by atoms with E-state index in [0.29, 0.717) is 17.8 Å². The van der Waals surface area contributed by atoms with E-state index in [1.54, 1.807) is 0 Å². The van der Waals surface area contributed by atoms with Crippen molar-refractivity contribution in [1.82, 2.24) is 15.5 Å². The second kappa shape index (κ2) is 6.85.